The lowest BCUT2D eigenvalue weighted by molar-refractivity contribution is -0.144. The summed E-state index contributed by atoms with van der Waals surface area (Å²) in [6, 6.07) is 27.5. The Kier molecular flexibility index (Phi) is 17.8. The van der Waals surface area contributed by atoms with Crippen molar-refractivity contribution >= 4 is 65.3 Å². The summed E-state index contributed by atoms with van der Waals surface area (Å²) < 4.78 is 355. The highest BCUT2D eigenvalue weighted by Crippen LogP contribution is 2.42. The van der Waals surface area contributed by atoms with Gasteiger partial charge in [0.25, 0.3) is 0 Å². The number of ketones is 1. The maximum atomic E-state index is 14.2. The van der Waals surface area contributed by atoms with Gasteiger partial charge in [0, 0.05) is 11.1 Å². The molecule has 28 heteroatoms. The van der Waals surface area contributed by atoms with Gasteiger partial charge in [0.05, 0.1) is 44.5 Å². The summed E-state index contributed by atoms with van der Waals surface area (Å²) in [6.07, 6.45) is -54.8. The van der Waals surface area contributed by atoms with Crippen LogP contribution in [0, 0.1) is 11.2 Å². The molecule has 0 saturated heterocycles. The van der Waals surface area contributed by atoms with E-state index in [4.69, 9.17) is 0 Å². The fraction of sp³-hybridized carbons (Fsp3) is 0.145. The Labute approximate surface area is 493 Å². The van der Waals surface area contributed by atoms with E-state index >= 15 is 0 Å². The summed E-state index contributed by atoms with van der Waals surface area (Å²) in [5, 5.41) is 6.69. The number of benzene rings is 9. The largest absolute Gasteiger partial charge is 0.416 e. The van der Waals surface area contributed by atoms with Gasteiger partial charge in [-0.05, 0) is 82.1 Å². The van der Waals surface area contributed by atoms with E-state index in [0.29, 0.717) is 10.5 Å². The first-order valence-electron chi connectivity index (χ1n) is 25.3. The molecule has 2 nitrogen and oxygen atoms in total. The Morgan fingerprint density at radius 2 is 0.589 bits per heavy atom. The van der Waals surface area contributed by atoms with Crippen molar-refractivity contribution in [2.75, 3.05) is 5.75 Å². The summed E-state index contributed by atoms with van der Waals surface area (Å²) >= 11 is 0. The van der Waals surface area contributed by atoms with Crippen LogP contribution in [0.4, 0.5) is 105 Å². The Bertz CT molecular complexity index is 3790. The number of hydrogen-bond acceptors (Lipinski definition) is 2. The van der Waals surface area contributed by atoms with E-state index in [9.17, 15) is 114 Å². The predicted octanol–water partition coefficient (Wildman–Crippen LogP) is 18.0. The van der Waals surface area contributed by atoms with E-state index in [1.807, 2.05) is 97.1 Å². The number of halogens is 24. The first-order chi connectivity index (χ1) is 41.4. The number of hydrogen-bond donors (Lipinski definition) is 0. The molecule has 9 rings (SSSR count). The van der Waals surface area contributed by atoms with Gasteiger partial charge in [0.2, 0.25) is 15.7 Å². The van der Waals surface area contributed by atoms with Crippen LogP contribution in [0.2, 0.25) is 0 Å². The van der Waals surface area contributed by atoms with Crippen LogP contribution < -0.4 is 21.9 Å². The van der Waals surface area contributed by atoms with Gasteiger partial charge in [0.1, 0.15) is 6.15 Å². The van der Waals surface area contributed by atoms with Crippen LogP contribution in [0.5, 0.6) is 0 Å². The van der Waals surface area contributed by atoms with Crippen molar-refractivity contribution in [3.8, 4) is 11.2 Å². The standard InChI is InChI=1S/C32H12BF24.C30H21O2S/c34-25(35,36)13-1-14(26(37,38)39)6-21(5-13)33(22-7-15(27(40,41)42)2-16(8-22)28(43,44)45,23-9-17(29(46,47)48)3-18(10-23)30(49,50)51)24-11-19(31(52,53)54)4-20(12-24)32(55,56)57;31-29(30-27-17-9-7-13-24(27)21-25-14-8-10-18-28(25)30)22-33(32,26-15-5-2-6-16-26)20-19-23-11-3-1-4-12-23/h1-12H;1-18,21H,22H2/q-1;+1. The zero-order chi connectivity index (χ0) is 66.6. The average molecular weight is 1310 g/mol. The summed E-state index contributed by atoms with van der Waals surface area (Å²) in [4.78, 5) is 14.4. The smallest absolute Gasteiger partial charge is 0.289 e. The summed E-state index contributed by atoms with van der Waals surface area (Å²) in [7, 11) is -2.96. The molecule has 0 fully saturated rings. The third-order valence-corrected chi connectivity index (χ3v) is 16.2. The average Bonchev–Trinajstić information content (AvgIpc) is 0.712. The molecule has 0 aliphatic carbocycles. The molecule has 1 unspecified atom stereocenters. The Hall–Kier alpha value is -8.74. The van der Waals surface area contributed by atoms with Crippen LogP contribution in [0.1, 0.15) is 60.4 Å². The second-order valence-electron chi connectivity index (χ2n) is 20.1. The van der Waals surface area contributed by atoms with Crippen LogP contribution in [-0.2, 0) is 63.6 Å². The van der Waals surface area contributed by atoms with Crippen molar-refractivity contribution < 1.29 is 114 Å². The zero-order valence-corrected chi connectivity index (χ0v) is 45.3. The first kappa shape index (κ1) is 67.2. The number of carbonyl (C=O) groups excluding carboxylic acids is 1. The summed E-state index contributed by atoms with van der Waals surface area (Å²) in [5.74, 6) is 2.70. The van der Waals surface area contributed by atoms with Crippen LogP contribution in [-0.4, -0.2) is 17.7 Å². The van der Waals surface area contributed by atoms with Crippen molar-refractivity contribution in [3.63, 3.8) is 0 Å². The first-order valence-corrected chi connectivity index (χ1v) is 27.1. The van der Waals surface area contributed by atoms with E-state index < -0.39 is 205 Å². The predicted molar refractivity (Wildman–Crippen MR) is 287 cm³/mol. The number of fused-ring (bicyclic) bond motifs is 2. The van der Waals surface area contributed by atoms with Gasteiger partial charge in [-0.1, -0.05) is 138 Å². The fourth-order valence-electron chi connectivity index (χ4n) is 10.1. The third kappa shape index (κ3) is 14.6. The summed E-state index contributed by atoms with van der Waals surface area (Å²) in [5.41, 5.74) is -28.8. The van der Waals surface area contributed by atoms with E-state index in [-0.39, 0.29) is 11.5 Å². The highest BCUT2D eigenvalue weighted by molar-refractivity contribution is 8.08. The van der Waals surface area contributed by atoms with E-state index in [2.05, 4.69) is 17.2 Å². The number of carbonyl (C=O) groups is 1. The van der Waals surface area contributed by atoms with Gasteiger partial charge in [-0.15, -0.1) is 0 Å². The highest BCUT2D eigenvalue weighted by atomic mass is 32.2. The molecule has 1 atom stereocenters. The van der Waals surface area contributed by atoms with E-state index in [1.54, 1.807) is 12.1 Å². The van der Waals surface area contributed by atoms with Crippen molar-refractivity contribution in [3.05, 3.63) is 244 Å². The second-order valence-corrected chi connectivity index (χ2v) is 22.4. The second kappa shape index (κ2) is 23.9. The Morgan fingerprint density at radius 3 is 0.867 bits per heavy atom. The van der Waals surface area contributed by atoms with Crippen LogP contribution >= 0.6 is 0 Å². The fourth-order valence-corrected chi connectivity index (χ4v) is 11.9. The van der Waals surface area contributed by atoms with Crippen molar-refractivity contribution in [2.45, 2.75) is 54.3 Å². The van der Waals surface area contributed by atoms with Gasteiger partial charge in [0.15, 0.2) is 15.9 Å². The molecule has 0 aliphatic heterocycles. The molecule has 90 heavy (non-hydrogen) atoms. The lowest BCUT2D eigenvalue weighted by Gasteiger charge is -2.46. The lowest BCUT2D eigenvalue weighted by atomic mass is 9.12. The van der Waals surface area contributed by atoms with Crippen molar-refractivity contribution in [1.29, 1.82) is 0 Å². The van der Waals surface area contributed by atoms with Crippen LogP contribution in [0.3, 0.4) is 0 Å². The maximum Gasteiger partial charge on any atom is 0.416 e. The van der Waals surface area contributed by atoms with Crippen LogP contribution in [0.15, 0.2) is 193 Å². The minimum absolute atomic E-state index is 0.167. The normalized spacial score (nSPS) is 13.7. The molecule has 0 heterocycles. The molecule has 9 aromatic carbocycles. The summed E-state index contributed by atoms with van der Waals surface area (Å²) in [6.45, 7) is 0. The molecule has 0 N–H and O–H groups in total. The maximum absolute atomic E-state index is 14.2. The Morgan fingerprint density at radius 1 is 0.333 bits per heavy atom. The monoisotopic (exact) mass is 1310 g/mol. The van der Waals surface area contributed by atoms with Crippen LogP contribution in [0.25, 0.3) is 21.5 Å². The molecule has 0 spiro atoms. The van der Waals surface area contributed by atoms with Gasteiger partial charge in [-0.2, -0.15) is 127 Å². The molecular formula is C62H33BF24O2S. The van der Waals surface area contributed by atoms with E-state index in [0.717, 1.165) is 27.1 Å². The molecule has 9 aromatic rings. The van der Waals surface area contributed by atoms with E-state index in [1.165, 1.54) is 0 Å². The quantitative estimate of drug-likeness (QED) is 0.0379. The third-order valence-electron chi connectivity index (χ3n) is 14.1. The SMILES string of the molecule is FC(F)(F)c1cc([B-](c2cc(C(F)(F)F)cc(C(F)(F)F)c2)(c2cc(C(F)(F)F)cc(C(F)(F)F)c2)c2cc(C(F)(F)F)cc(C(F)(F)F)c2)cc(C(F)(F)F)c1.O=C(C[S+](=O)(C#Cc1ccccc1)c1ccccc1)c1c2ccccc2cc2ccccc12. The zero-order valence-electron chi connectivity index (χ0n) is 44.5. The Balaban J connectivity index is 0.000000266. The minimum atomic E-state index is -6.13. The molecule has 0 radical (unpaired) electrons. The topological polar surface area (TPSA) is 34.1 Å². The van der Waals surface area contributed by atoms with Gasteiger partial charge >= 0.3 is 49.4 Å². The number of alkyl halides is 24. The highest BCUT2D eigenvalue weighted by Gasteiger charge is 2.47. The molecule has 470 valence electrons. The minimum Gasteiger partial charge on any atom is -0.289 e. The molecule has 0 bridgehead atoms. The number of Topliss-reactive ketones (excluding diaryl/α,β-unsaturated/α-hetero) is 1. The van der Waals surface area contributed by atoms with Crippen molar-refractivity contribution in [1.82, 2.24) is 0 Å². The molecule has 0 saturated carbocycles. The molecular weight excluding hydrogens is 1280 g/mol. The van der Waals surface area contributed by atoms with Gasteiger partial charge < -0.3 is 0 Å². The molecule has 0 aromatic heterocycles. The van der Waals surface area contributed by atoms with Gasteiger partial charge in [-0.3, -0.25) is 4.79 Å². The lowest BCUT2D eigenvalue weighted by Crippen LogP contribution is -2.75. The van der Waals surface area contributed by atoms with Crippen molar-refractivity contribution in [2.24, 2.45) is 0 Å². The molecule has 0 aliphatic rings. The molecule has 0 amide bonds. The number of rotatable bonds is 8. The van der Waals surface area contributed by atoms with Gasteiger partial charge in [-0.25, -0.2) is 0 Å².